The Morgan fingerprint density at radius 1 is 1.52 bits per heavy atom. The topological polar surface area (TPSA) is 88.3 Å². The molecule has 0 aliphatic heterocycles. The van der Waals surface area contributed by atoms with E-state index in [0.29, 0.717) is 27.9 Å². The molecule has 0 amide bonds. The second-order valence-electron chi connectivity index (χ2n) is 5.18. The van der Waals surface area contributed by atoms with Gasteiger partial charge in [-0.1, -0.05) is 11.6 Å². The van der Waals surface area contributed by atoms with E-state index in [4.69, 9.17) is 17.4 Å². The number of nitrogens with two attached hydrogens (primary N) is 1. The second kappa shape index (κ2) is 5.37. The molecule has 1 saturated carbocycles. The Morgan fingerprint density at radius 3 is 2.90 bits per heavy atom. The van der Waals surface area contributed by atoms with Crippen LogP contribution in [-0.4, -0.2) is 32.2 Å². The first-order chi connectivity index (χ1) is 10.1. The Morgan fingerprint density at radius 2 is 2.29 bits per heavy atom. The summed E-state index contributed by atoms with van der Waals surface area (Å²) in [7, 11) is 0. The maximum atomic E-state index is 10.1. The van der Waals surface area contributed by atoms with Gasteiger partial charge in [-0.05, 0) is 32.3 Å². The molecule has 0 saturated heterocycles. The van der Waals surface area contributed by atoms with E-state index in [1.54, 1.807) is 12.3 Å². The Bertz CT molecular complexity index is 745. The molecule has 3 rings (SSSR count). The number of nitrogens with zero attached hydrogens (tertiary/aromatic N) is 4. The standard InChI is InChI=1S/C14H16ClN5O/c1-8(18-10-3-2-4-10)13(19-16)9-5-12(21)14-11(15)6-17-20(14)7-9/h5-7,10,21H,2-4,16H2,1H3/b18-8?,19-13+. The average Bonchev–Trinajstić information content (AvgIpc) is 2.77. The van der Waals surface area contributed by atoms with E-state index in [1.165, 1.54) is 17.1 Å². The molecule has 110 valence electrons. The number of aromatic hydroxyl groups is 1. The highest BCUT2D eigenvalue weighted by molar-refractivity contribution is 6.47. The summed E-state index contributed by atoms with van der Waals surface area (Å²) < 4.78 is 1.51. The molecule has 2 heterocycles. The maximum Gasteiger partial charge on any atom is 0.143 e. The van der Waals surface area contributed by atoms with Crippen molar-refractivity contribution in [2.75, 3.05) is 0 Å². The fourth-order valence-electron chi connectivity index (χ4n) is 2.42. The molecule has 1 fully saturated rings. The lowest BCUT2D eigenvalue weighted by atomic mass is 9.93. The monoisotopic (exact) mass is 305 g/mol. The zero-order valence-corrected chi connectivity index (χ0v) is 12.4. The van der Waals surface area contributed by atoms with Gasteiger partial charge in [-0.2, -0.15) is 10.2 Å². The van der Waals surface area contributed by atoms with Gasteiger partial charge in [0.15, 0.2) is 0 Å². The molecule has 1 aliphatic rings. The van der Waals surface area contributed by atoms with E-state index in [2.05, 4.69) is 15.2 Å². The molecule has 0 aromatic carbocycles. The number of hydrogen-bond acceptors (Lipinski definition) is 5. The van der Waals surface area contributed by atoms with Crippen molar-refractivity contribution in [1.29, 1.82) is 0 Å². The second-order valence-corrected chi connectivity index (χ2v) is 5.58. The number of halogens is 1. The molecule has 1 aliphatic carbocycles. The maximum absolute atomic E-state index is 10.1. The molecule has 6 nitrogen and oxygen atoms in total. The highest BCUT2D eigenvalue weighted by atomic mass is 35.5. The minimum Gasteiger partial charge on any atom is -0.506 e. The van der Waals surface area contributed by atoms with Gasteiger partial charge in [0.05, 0.1) is 23.0 Å². The smallest absolute Gasteiger partial charge is 0.143 e. The van der Waals surface area contributed by atoms with Crippen molar-refractivity contribution in [2.24, 2.45) is 15.9 Å². The van der Waals surface area contributed by atoms with Gasteiger partial charge in [0, 0.05) is 11.8 Å². The van der Waals surface area contributed by atoms with Gasteiger partial charge < -0.3 is 10.9 Å². The molecular formula is C14H16ClN5O. The van der Waals surface area contributed by atoms with Crippen LogP contribution in [0.5, 0.6) is 5.75 Å². The predicted molar refractivity (Wildman–Crippen MR) is 83.3 cm³/mol. The Balaban J connectivity index is 2.03. The van der Waals surface area contributed by atoms with Crippen molar-refractivity contribution in [3.05, 3.63) is 29.0 Å². The van der Waals surface area contributed by atoms with Crippen LogP contribution in [0.4, 0.5) is 0 Å². The summed E-state index contributed by atoms with van der Waals surface area (Å²) in [5, 5.41) is 18.4. The highest BCUT2D eigenvalue weighted by Gasteiger charge is 2.19. The number of fused-ring (bicyclic) bond motifs is 1. The molecule has 0 bridgehead atoms. The number of aromatic nitrogens is 2. The lowest BCUT2D eigenvalue weighted by Gasteiger charge is -2.22. The van der Waals surface area contributed by atoms with Crippen LogP contribution in [0, 0.1) is 0 Å². The molecule has 0 radical (unpaired) electrons. The quantitative estimate of drug-likeness (QED) is 0.518. The molecule has 7 heteroatoms. The summed E-state index contributed by atoms with van der Waals surface area (Å²) in [6.45, 7) is 1.88. The first-order valence-corrected chi connectivity index (χ1v) is 7.17. The lowest BCUT2D eigenvalue weighted by Crippen LogP contribution is -2.22. The SMILES string of the molecule is CC(=NC1CCC1)/C(=N\N)c1cc(O)c2c(Cl)cnn2c1. The molecule has 2 aromatic heterocycles. The van der Waals surface area contributed by atoms with E-state index in [1.807, 2.05) is 6.92 Å². The van der Waals surface area contributed by atoms with Crippen LogP contribution in [0.25, 0.3) is 5.52 Å². The molecule has 2 aromatic rings. The first-order valence-electron chi connectivity index (χ1n) is 6.79. The summed E-state index contributed by atoms with van der Waals surface area (Å²) >= 11 is 5.98. The van der Waals surface area contributed by atoms with Crippen molar-refractivity contribution in [2.45, 2.75) is 32.2 Å². The van der Waals surface area contributed by atoms with Crippen LogP contribution in [0.2, 0.25) is 5.02 Å². The van der Waals surface area contributed by atoms with E-state index in [0.717, 1.165) is 18.6 Å². The van der Waals surface area contributed by atoms with Crippen LogP contribution in [0.15, 0.2) is 28.6 Å². The fraction of sp³-hybridized carbons (Fsp3) is 0.357. The van der Waals surface area contributed by atoms with E-state index in [9.17, 15) is 5.11 Å². The Hall–Kier alpha value is -2.08. The summed E-state index contributed by atoms with van der Waals surface area (Å²) in [5.41, 5.74) is 2.43. The number of pyridine rings is 1. The molecule has 0 atom stereocenters. The lowest BCUT2D eigenvalue weighted by molar-refractivity contribution is 0.420. The number of rotatable bonds is 3. The van der Waals surface area contributed by atoms with Gasteiger partial charge in [-0.3, -0.25) is 4.99 Å². The van der Waals surface area contributed by atoms with Gasteiger partial charge in [0.2, 0.25) is 0 Å². The summed E-state index contributed by atoms with van der Waals surface area (Å²) in [5.74, 6) is 5.54. The molecular weight excluding hydrogens is 290 g/mol. The third kappa shape index (κ3) is 2.47. The number of aliphatic imine (C=N–C) groups is 1. The zero-order chi connectivity index (χ0) is 15.0. The zero-order valence-electron chi connectivity index (χ0n) is 11.6. The van der Waals surface area contributed by atoms with Crippen molar-refractivity contribution in [1.82, 2.24) is 9.61 Å². The first kappa shape index (κ1) is 13.9. The predicted octanol–water partition coefficient (Wildman–Crippen LogP) is 2.37. The summed E-state index contributed by atoms with van der Waals surface area (Å²) in [4.78, 5) is 4.61. The third-order valence-corrected chi connectivity index (χ3v) is 4.02. The van der Waals surface area contributed by atoms with Crippen LogP contribution in [0.1, 0.15) is 31.7 Å². The Kier molecular flexibility index (Phi) is 3.55. The van der Waals surface area contributed by atoms with Crippen molar-refractivity contribution < 1.29 is 5.11 Å². The van der Waals surface area contributed by atoms with Gasteiger partial charge >= 0.3 is 0 Å². The van der Waals surface area contributed by atoms with Crippen LogP contribution in [0.3, 0.4) is 0 Å². The highest BCUT2D eigenvalue weighted by Crippen LogP contribution is 2.27. The minimum atomic E-state index is 0.0348. The molecule has 0 unspecified atom stereocenters. The Labute approximate surface area is 126 Å². The number of hydrogen-bond donors (Lipinski definition) is 2. The van der Waals surface area contributed by atoms with E-state index < -0.39 is 0 Å². The van der Waals surface area contributed by atoms with E-state index >= 15 is 0 Å². The van der Waals surface area contributed by atoms with Crippen molar-refractivity contribution in [3.63, 3.8) is 0 Å². The summed E-state index contributed by atoms with van der Waals surface area (Å²) in [6, 6.07) is 1.94. The number of hydrazone groups is 1. The fourth-order valence-corrected chi connectivity index (χ4v) is 2.65. The minimum absolute atomic E-state index is 0.0348. The van der Waals surface area contributed by atoms with Crippen LogP contribution in [-0.2, 0) is 0 Å². The van der Waals surface area contributed by atoms with Crippen LogP contribution >= 0.6 is 11.6 Å². The van der Waals surface area contributed by atoms with Gasteiger partial charge in [0.25, 0.3) is 0 Å². The van der Waals surface area contributed by atoms with Crippen molar-refractivity contribution >= 4 is 28.5 Å². The van der Waals surface area contributed by atoms with Gasteiger partial charge in [-0.25, -0.2) is 4.52 Å². The molecule has 0 spiro atoms. The normalized spacial score (nSPS) is 17.2. The molecule has 3 N–H and O–H groups in total. The van der Waals surface area contributed by atoms with E-state index in [-0.39, 0.29) is 5.75 Å². The summed E-state index contributed by atoms with van der Waals surface area (Å²) in [6.07, 6.45) is 6.64. The van der Waals surface area contributed by atoms with Gasteiger partial charge in [0.1, 0.15) is 17.0 Å². The third-order valence-electron chi connectivity index (χ3n) is 3.74. The van der Waals surface area contributed by atoms with Crippen molar-refractivity contribution in [3.8, 4) is 5.75 Å². The van der Waals surface area contributed by atoms with Gasteiger partial charge in [-0.15, -0.1) is 0 Å². The largest absolute Gasteiger partial charge is 0.506 e. The van der Waals surface area contributed by atoms with Crippen LogP contribution < -0.4 is 5.84 Å². The molecule has 21 heavy (non-hydrogen) atoms. The average molecular weight is 306 g/mol.